The molecule has 37 heavy (non-hydrogen) atoms. The van der Waals surface area contributed by atoms with Gasteiger partial charge in [0.25, 0.3) is 0 Å². The Bertz CT molecular complexity index is 1020. The minimum absolute atomic E-state index is 0.0153. The molecule has 200 valence electrons. The Kier molecular flexibility index (Phi) is 13.9. The summed E-state index contributed by atoms with van der Waals surface area (Å²) in [4.78, 5) is 12.7. The third-order valence-corrected chi connectivity index (χ3v) is 7.30. The van der Waals surface area contributed by atoms with Gasteiger partial charge < -0.3 is 10.1 Å². The Balaban J connectivity index is 1.28. The summed E-state index contributed by atoms with van der Waals surface area (Å²) in [6.07, 6.45) is 18.5. The molecule has 0 aliphatic carbocycles. The fourth-order valence-electron chi connectivity index (χ4n) is 4.58. The molecule has 3 aromatic rings. The summed E-state index contributed by atoms with van der Waals surface area (Å²) >= 11 is 1.67. The number of carbonyl (C=O) groups excluding carboxylic acids is 1. The average molecular weight is 522 g/mol. The van der Waals surface area contributed by atoms with Crippen LogP contribution >= 0.6 is 11.3 Å². The smallest absolute Gasteiger partial charge is 0.228 e. The molecule has 0 saturated carbocycles. The van der Waals surface area contributed by atoms with Gasteiger partial charge in [0.15, 0.2) is 12.7 Å². The quantitative estimate of drug-likeness (QED) is 0.127. The van der Waals surface area contributed by atoms with Crippen molar-refractivity contribution in [3.63, 3.8) is 0 Å². The summed E-state index contributed by atoms with van der Waals surface area (Å²) in [6.45, 7) is 3.81. The van der Waals surface area contributed by atoms with E-state index in [2.05, 4.69) is 40.0 Å². The molecule has 0 saturated heterocycles. The number of anilines is 1. The maximum absolute atomic E-state index is 12.7. The average Bonchev–Trinajstić information content (AvgIpc) is 3.40. The molecule has 0 radical (unpaired) electrons. The van der Waals surface area contributed by atoms with Crippen molar-refractivity contribution in [2.45, 2.75) is 96.9 Å². The fourth-order valence-corrected chi connectivity index (χ4v) is 5.18. The van der Waals surface area contributed by atoms with Gasteiger partial charge in [0, 0.05) is 11.3 Å². The van der Waals surface area contributed by atoms with Crippen molar-refractivity contribution in [3.05, 3.63) is 76.7 Å². The molecule has 1 N–H and O–H groups in total. The van der Waals surface area contributed by atoms with Gasteiger partial charge in [-0.05, 0) is 36.2 Å². The van der Waals surface area contributed by atoms with E-state index in [9.17, 15) is 4.79 Å². The number of benzene rings is 2. The first kappa shape index (κ1) is 28.9. The Labute approximate surface area is 228 Å². The van der Waals surface area contributed by atoms with Crippen molar-refractivity contribution in [2.24, 2.45) is 0 Å². The lowest BCUT2D eigenvalue weighted by molar-refractivity contribution is -0.683. The number of carbonyl (C=O) groups is 1. The first-order valence-corrected chi connectivity index (χ1v) is 15.2. The molecular weight excluding hydrogens is 476 g/mol. The van der Waals surface area contributed by atoms with Crippen molar-refractivity contribution in [3.8, 4) is 5.75 Å². The molecule has 3 rings (SSSR count). The summed E-state index contributed by atoms with van der Waals surface area (Å²) in [5, 5.41) is 5.10. The van der Waals surface area contributed by atoms with E-state index in [0.29, 0.717) is 6.42 Å². The van der Waals surface area contributed by atoms with Crippen LogP contribution < -0.4 is 14.6 Å². The lowest BCUT2D eigenvalue weighted by Gasteiger charge is -2.09. The third-order valence-electron chi connectivity index (χ3n) is 6.63. The second-order valence-electron chi connectivity index (χ2n) is 10.0. The minimum atomic E-state index is -0.0153. The second-order valence-corrected chi connectivity index (χ2v) is 10.8. The van der Waals surface area contributed by atoms with E-state index in [1.54, 1.807) is 11.3 Å². The molecule has 0 fully saturated rings. The standard InChI is InChI=1S/C32H44N2O2S/c1-2-3-4-5-6-7-8-9-10-11-12-13-21-36-31-19-15-16-28(24-31)25-32(35)33-30-18-14-17-29(23-30)26-34-20-22-37-27-34/h14-20,22-24,27H,2-13,21,25-26H2,1H3/p+1. The van der Waals surface area contributed by atoms with Crippen molar-refractivity contribution >= 4 is 22.9 Å². The normalized spacial score (nSPS) is 10.9. The number of hydrogen-bond donors (Lipinski definition) is 1. The molecule has 0 bridgehead atoms. The first-order chi connectivity index (χ1) is 18.2. The van der Waals surface area contributed by atoms with Gasteiger partial charge in [0.1, 0.15) is 5.75 Å². The maximum Gasteiger partial charge on any atom is 0.228 e. The first-order valence-electron chi connectivity index (χ1n) is 14.2. The Hall–Kier alpha value is -2.66. The van der Waals surface area contributed by atoms with E-state index in [0.717, 1.165) is 42.1 Å². The van der Waals surface area contributed by atoms with E-state index in [-0.39, 0.29) is 5.91 Å². The van der Waals surface area contributed by atoms with Crippen LogP contribution in [0.5, 0.6) is 5.75 Å². The molecule has 0 unspecified atom stereocenters. The van der Waals surface area contributed by atoms with Crippen LogP contribution in [0.15, 0.2) is 65.6 Å². The molecule has 4 nitrogen and oxygen atoms in total. The highest BCUT2D eigenvalue weighted by atomic mass is 32.1. The number of thiazole rings is 1. The van der Waals surface area contributed by atoms with Gasteiger partial charge in [-0.25, -0.2) is 0 Å². The molecule has 0 spiro atoms. The third kappa shape index (κ3) is 12.4. The van der Waals surface area contributed by atoms with Gasteiger partial charge in [-0.2, -0.15) is 4.57 Å². The van der Waals surface area contributed by atoms with Crippen LogP contribution in [0.4, 0.5) is 5.69 Å². The number of rotatable bonds is 19. The zero-order valence-electron chi connectivity index (χ0n) is 22.6. The molecule has 0 aliphatic heterocycles. The van der Waals surface area contributed by atoms with Crippen molar-refractivity contribution in [1.29, 1.82) is 0 Å². The highest BCUT2D eigenvalue weighted by Crippen LogP contribution is 2.17. The predicted molar refractivity (Wildman–Crippen MR) is 155 cm³/mol. The van der Waals surface area contributed by atoms with Crippen LogP contribution in [-0.4, -0.2) is 12.5 Å². The lowest BCUT2D eigenvalue weighted by atomic mass is 10.1. The van der Waals surface area contributed by atoms with Crippen LogP contribution in [0.3, 0.4) is 0 Å². The van der Waals surface area contributed by atoms with Gasteiger partial charge in [-0.15, -0.1) is 0 Å². The minimum Gasteiger partial charge on any atom is -0.494 e. The van der Waals surface area contributed by atoms with E-state index in [1.165, 1.54) is 70.6 Å². The second kappa shape index (κ2) is 17.7. The maximum atomic E-state index is 12.7. The SMILES string of the molecule is CCCCCCCCCCCCCCOc1cccc(CC(=O)Nc2cccc(C[n+]3ccsc3)c2)c1. The number of ether oxygens (including phenoxy) is 1. The van der Waals surface area contributed by atoms with E-state index in [1.807, 2.05) is 42.5 Å². The van der Waals surface area contributed by atoms with Crippen molar-refractivity contribution in [2.75, 3.05) is 11.9 Å². The summed E-state index contributed by atoms with van der Waals surface area (Å²) in [5.74, 6) is 0.835. The van der Waals surface area contributed by atoms with Crippen molar-refractivity contribution < 1.29 is 14.1 Å². The van der Waals surface area contributed by atoms with Crippen LogP contribution in [0.2, 0.25) is 0 Å². The number of unbranched alkanes of at least 4 members (excludes halogenated alkanes) is 11. The van der Waals surface area contributed by atoms with Gasteiger partial charge in [0.2, 0.25) is 11.4 Å². The predicted octanol–water partition coefficient (Wildman–Crippen LogP) is 8.35. The zero-order valence-corrected chi connectivity index (χ0v) is 23.4. The molecule has 1 heterocycles. The van der Waals surface area contributed by atoms with Crippen LogP contribution in [-0.2, 0) is 17.8 Å². The number of aromatic nitrogens is 1. The van der Waals surface area contributed by atoms with Gasteiger partial charge in [-0.1, -0.05) is 113 Å². The molecule has 2 aromatic carbocycles. The fraction of sp³-hybridized carbons (Fsp3) is 0.500. The van der Waals surface area contributed by atoms with Crippen LogP contribution in [0.25, 0.3) is 0 Å². The molecule has 1 aromatic heterocycles. The van der Waals surface area contributed by atoms with E-state index < -0.39 is 0 Å². The van der Waals surface area contributed by atoms with Crippen molar-refractivity contribution in [1.82, 2.24) is 0 Å². The largest absolute Gasteiger partial charge is 0.494 e. The summed E-state index contributed by atoms with van der Waals surface area (Å²) in [5.41, 5.74) is 5.04. The molecular formula is C32H45N2O2S+. The zero-order chi connectivity index (χ0) is 26.0. The summed E-state index contributed by atoms with van der Waals surface area (Å²) in [6, 6.07) is 16.0. The van der Waals surface area contributed by atoms with E-state index >= 15 is 0 Å². The molecule has 0 atom stereocenters. The number of hydrogen-bond acceptors (Lipinski definition) is 3. The monoisotopic (exact) mass is 521 g/mol. The van der Waals surface area contributed by atoms with Gasteiger partial charge in [-0.3, -0.25) is 4.79 Å². The van der Waals surface area contributed by atoms with Gasteiger partial charge in [0.05, 0.1) is 18.4 Å². The Morgan fingerprint density at radius 1 is 0.838 bits per heavy atom. The van der Waals surface area contributed by atoms with Crippen LogP contribution in [0.1, 0.15) is 95.1 Å². The summed E-state index contributed by atoms with van der Waals surface area (Å²) < 4.78 is 8.10. The summed E-state index contributed by atoms with van der Waals surface area (Å²) in [7, 11) is 0. The molecule has 5 heteroatoms. The molecule has 1 amide bonds. The number of nitrogens with zero attached hydrogens (tertiary/aromatic N) is 1. The topological polar surface area (TPSA) is 42.2 Å². The van der Waals surface area contributed by atoms with Crippen LogP contribution in [0, 0.1) is 0 Å². The number of amides is 1. The van der Waals surface area contributed by atoms with Gasteiger partial charge >= 0.3 is 0 Å². The van der Waals surface area contributed by atoms with E-state index in [4.69, 9.17) is 4.74 Å². The number of nitrogens with one attached hydrogen (secondary N) is 1. The Morgan fingerprint density at radius 3 is 2.22 bits per heavy atom. The Morgan fingerprint density at radius 2 is 1.51 bits per heavy atom. The molecule has 0 aliphatic rings. The highest BCUT2D eigenvalue weighted by molar-refractivity contribution is 7.07. The highest BCUT2D eigenvalue weighted by Gasteiger charge is 2.08. The lowest BCUT2D eigenvalue weighted by Crippen LogP contribution is -2.30.